The van der Waals surface area contributed by atoms with Gasteiger partial charge < -0.3 is 19.7 Å². The number of benzene rings is 1. The average Bonchev–Trinajstić information content (AvgIpc) is 2.27. The Kier molecular flexibility index (Phi) is 3.14. The van der Waals surface area contributed by atoms with Gasteiger partial charge in [-0.1, -0.05) is 13.3 Å². The molecule has 2 aromatic rings. The molecule has 0 radical (unpaired) electrons. The number of hydrogen-bond donors (Lipinski definition) is 3. The Morgan fingerprint density at radius 2 is 1.94 bits per heavy atom. The zero-order valence-electron chi connectivity index (χ0n) is 9.93. The van der Waals surface area contributed by atoms with Crippen LogP contribution in [0.4, 0.5) is 0 Å². The lowest BCUT2D eigenvalue weighted by atomic mass is 10.1. The van der Waals surface area contributed by atoms with Gasteiger partial charge in [0.05, 0.1) is 5.56 Å². The van der Waals surface area contributed by atoms with E-state index in [1.807, 2.05) is 6.92 Å². The normalized spacial score (nSPS) is 10.9. The molecule has 0 saturated heterocycles. The van der Waals surface area contributed by atoms with E-state index in [0.29, 0.717) is 6.42 Å². The molecule has 0 spiro atoms. The molecule has 18 heavy (non-hydrogen) atoms. The van der Waals surface area contributed by atoms with Crippen LogP contribution in [-0.4, -0.2) is 15.3 Å². The molecule has 0 saturated carbocycles. The summed E-state index contributed by atoms with van der Waals surface area (Å²) in [5, 5.41) is 29.1. The molecule has 96 valence electrons. The molecule has 0 atom stereocenters. The summed E-state index contributed by atoms with van der Waals surface area (Å²) in [5.74, 6) is -0.819. The molecule has 5 heteroatoms. The Morgan fingerprint density at radius 1 is 1.22 bits per heavy atom. The van der Waals surface area contributed by atoms with Gasteiger partial charge in [0.1, 0.15) is 28.2 Å². The standard InChI is InChI=1S/C13H14O5/c1-2-3-4-8-12(16)11-9(15)5-7(14)6-10(11)18-13(8)17/h5-6,14-16H,2-4H2,1H3. The van der Waals surface area contributed by atoms with Crippen molar-refractivity contribution >= 4 is 11.0 Å². The van der Waals surface area contributed by atoms with Gasteiger partial charge in [-0.15, -0.1) is 0 Å². The van der Waals surface area contributed by atoms with E-state index in [0.717, 1.165) is 18.9 Å². The van der Waals surface area contributed by atoms with E-state index >= 15 is 0 Å². The van der Waals surface area contributed by atoms with Gasteiger partial charge in [0.2, 0.25) is 0 Å². The number of aromatic hydroxyl groups is 3. The predicted molar refractivity (Wildman–Crippen MR) is 66.1 cm³/mol. The smallest absolute Gasteiger partial charge is 0.343 e. The lowest BCUT2D eigenvalue weighted by Crippen LogP contribution is -2.07. The average molecular weight is 250 g/mol. The summed E-state index contributed by atoms with van der Waals surface area (Å²) in [6.07, 6.45) is 2.00. The third-order valence-corrected chi connectivity index (χ3v) is 2.82. The molecule has 0 aliphatic heterocycles. The van der Waals surface area contributed by atoms with Crippen LogP contribution in [0.5, 0.6) is 17.2 Å². The molecule has 1 heterocycles. The quantitative estimate of drug-likeness (QED) is 0.727. The third kappa shape index (κ3) is 1.99. The van der Waals surface area contributed by atoms with Crippen molar-refractivity contribution in [2.45, 2.75) is 26.2 Å². The minimum absolute atomic E-state index is 0.0322. The van der Waals surface area contributed by atoms with E-state index in [9.17, 15) is 20.1 Å². The number of unbranched alkanes of at least 4 members (excludes halogenated alkanes) is 1. The van der Waals surface area contributed by atoms with Crippen molar-refractivity contribution in [2.24, 2.45) is 0 Å². The Morgan fingerprint density at radius 3 is 2.61 bits per heavy atom. The second-order valence-electron chi connectivity index (χ2n) is 4.16. The maximum atomic E-state index is 11.7. The monoisotopic (exact) mass is 250 g/mol. The van der Waals surface area contributed by atoms with E-state index in [-0.39, 0.29) is 33.8 Å². The van der Waals surface area contributed by atoms with Crippen molar-refractivity contribution in [3.05, 3.63) is 28.1 Å². The number of rotatable bonds is 3. The molecule has 1 aromatic carbocycles. The fourth-order valence-electron chi connectivity index (χ4n) is 1.89. The highest BCUT2D eigenvalue weighted by Gasteiger charge is 2.17. The molecule has 0 aliphatic rings. The van der Waals surface area contributed by atoms with Crippen molar-refractivity contribution in [3.8, 4) is 17.2 Å². The first-order chi connectivity index (χ1) is 8.54. The van der Waals surface area contributed by atoms with E-state index in [4.69, 9.17) is 4.42 Å². The molecule has 5 nitrogen and oxygen atoms in total. The SMILES string of the molecule is CCCCc1c(O)c2c(O)cc(O)cc2oc1=O. The fourth-order valence-corrected chi connectivity index (χ4v) is 1.89. The third-order valence-electron chi connectivity index (χ3n) is 2.82. The van der Waals surface area contributed by atoms with E-state index in [2.05, 4.69) is 0 Å². The lowest BCUT2D eigenvalue weighted by Gasteiger charge is -2.07. The van der Waals surface area contributed by atoms with Crippen LogP contribution in [0, 0.1) is 0 Å². The van der Waals surface area contributed by atoms with Gasteiger partial charge in [-0.3, -0.25) is 0 Å². The number of phenols is 2. The maximum absolute atomic E-state index is 11.7. The number of phenolic OH excluding ortho intramolecular Hbond substituents is 2. The van der Waals surface area contributed by atoms with Crippen molar-refractivity contribution < 1.29 is 19.7 Å². The second-order valence-corrected chi connectivity index (χ2v) is 4.16. The molecule has 0 unspecified atom stereocenters. The highest BCUT2D eigenvalue weighted by atomic mass is 16.4. The molecule has 2 rings (SSSR count). The van der Waals surface area contributed by atoms with Crippen LogP contribution >= 0.6 is 0 Å². The summed E-state index contributed by atoms with van der Waals surface area (Å²) < 4.78 is 5.00. The van der Waals surface area contributed by atoms with Crippen LogP contribution in [0.2, 0.25) is 0 Å². The molecule has 1 aromatic heterocycles. The van der Waals surface area contributed by atoms with Gasteiger partial charge in [-0.25, -0.2) is 4.79 Å². The van der Waals surface area contributed by atoms with Gasteiger partial charge >= 0.3 is 5.63 Å². The first-order valence-corrected chi connectivity index (χ1v) is 5.75. The van der Waals surface area contributed by atoms with Crippen molar-refractivity contribution in [1.29, 1.82) is 0 Å². The second kappa shape index (κ2) is 4.60. The minimum atomic E-state index is -0.640. The van der Waals surface area contributed by atoms with E-state index in [1.54, 1.807) is 0 Å². The van der Waals surface area contributed by atoms with Crippen molar-refractivity contribution in [3.63, 3.8) is 0 Å². The van der Waals surface area contributed by atoms with Gasteiger partial charge in [0, 0.05) is 12.1 Å². The zero-order valence-corrected chi connectivity index (χ0v) is 9.93. The summed E-state index contributed by atoms with van der Waals surface area (Å²) in [4.78, 5) is 11.7. The van der Waals surface area contributed by atoms with Crippen LogP contribution in [0.15, 0.2) is 21.3 Å². The minimum Gasteiger partial charge on any atom is -0.508 e. The first-order valence-electron chi connectivity index (χ1n) is 5.75. The Bertz CT molecular complexity index is 642. The topological polar surface area (TPSA) is 90.9 Å². The maximum Gasteiger partial charge on any atom is 0.343 e. The molecule has 0 bridgehead atoms. The molecular weight excluding hydrogens is 236 g/mol. The van der Waals surface area contributed by atoms with Crippen LogP contribution in [-0.2, 0) is 6.42 Å². The Hall–Kier alpha value is -2.17. The summed E-state index contributed by atoms with van der Waals surface area (Å²) in [7, 11) is 0. The highest BCUT2D eigenvalue weighted by molar-refractivity contribution is 5.91. The van der Waals surface area contributed by atoms with Crippen LogP contribution in [0.25, 0.3) is 11.0 Å². The predicted octanol–water partition coefficient (Wildman–Crippen LogP) is 2.25. The van der Waals surface area contributed by atoms with Gasteiger partial charge in [0.15, 0.2) is 0 Å². The Labute approximate surface area is 103 Å². The summed E-state index contributed by atoms with van der Waals surface area (Å²) in [6.45, 7) is 1.97. The van der Waals surface area contributed by atoms with Gasteiger partial charge in [-0.05, 0) is 12.8 Å². The molecule has 0 amide bonds. The van der Waals surface area contributed by atoms with Crippen LogP contribution in [0.1, 0.15) is 25.3 Å². The molecule has 0 aliphatic carbocycles. The van der Waals surface area contributed by atoms with E-state index in [1.165, 1.54) is 6.07 Å². The van der Waals surface area contributed by atoms with Gasteiger partial charge in [0.25, 0.3) is 0 Å². The first kappa shape index (κ1) is 12.3. The van der Waals surface area contributed by atoms with E-state index < -0.39 is 5.63 Å². The summed E-state index contributed by atoms with van der Waals surface area (Å²) in [5.41, 5.74) is -0.515. The van der Waals surface area contributed by atoms with Crippen LogP contribution < -0.4 is 5.63 Å². The van der Waals surface area contributed by atoms with Crippen molar-refractivity contribution in [2.75, 3.05) is 0 Å². The number of hydrogen-bond acceptors (Lipinski definition) is 5. The lowest BCUT2D eigenvalue weighted by molar-refractivity contribution is 0.434. The highest BCUT2D eigenvalue weighted by Crippen LogP contribution is 2.36. The molecular formula is C13H14O5. The van der Waals surface area contributed by atoms with Crippen molar-refractivity contribution in [1.82, 2.24) is 0 Å². The molecule has 3 N–H and O–H groups in total. The summed E-state index contributed by atoms with van der Waals surface area (Å²) >= 11 is 0. The molecule has 0 fully saturated rings. The fraction of sp³-hybridized carbons (Fsp3) is 0.308. The zero-order chi connectivity index (χ0) is 13.3. The summed E-state index contributed by atoms with van der Waals surface area (Å²) in [6, 6.07) is 2.27. The number of fused-ring (bicyclic) bond motifs is 1. The van der Waals surface area contributed by atoms with Gasteiger partial charge in [-0.2, -0.15) is 0 Å². The van der Waals surface area contributed by atoms with Crippen LogP contribution in [0.3, 0.4) is 0 Å². The Balaban J connectivity index is 2.73. The largest absolute Gasteiger partial charge is 0.508 e.